The first kappa shape index (κ1) is 13.4. The molecule has 0 aromatic heterocycles. The Bertz CT molecular complexity index is 484. The van der Waals surface area contributed by atoms with Gasteiger partial charge in [-0.05, 0) is 25.0 Å². The predicted octanol–water partition coefficient (Wildman–Crippen LogP) is 1.28. The molecular weight excluding hydrogens is 256 g/mol. The van der Waals surface area contributed by atoms with Crippen molar-refractivity contribution in [1.82, 2.24) is 4.90 Å². The molecule has 0 aliphatic carbocycles. The van der Waals surface area contributed by atoms with Gasteiger partial charge in [0.05, 0.1) is 26.4 Å². The van der Waals surface area contributed by atoms with E-state index in [-0.39, 0.29) is 5.91 Å². The third kappa shape index (κ3) is 3.11. The second kappa shape index (κ2) is 6.24. The minimum Gasteiger partial charge on any atom is -0.493 e. The van der Waals surface area contributed by atoms with E-state index in [1.807, 2.05) is 18.2 Å². The smallest absolute Gasteiger partial charge is 0.238 e. The van der Waals surface area contributed by atoms with Crippen LogP contribution < -0.4 is 10.1 Å². The molecule has 1 fully saturated rings. The molecule has 1 amide bonds. The molecule has 0 unspecified atom stereocenters. The van der Waals surface area contributed by atoms with Crippen molar-refractivity contribution in [2.24, 2.45) is 0 Å². The number of morpholine rings is 1. The molecule has 1 aromatic rings. The lowest BCUT2D eigenvalue weighted by molar-refractivity contribution is -0.118. The fourth-order valence-corrected chi connectivity index (χ4v) is 2.66. The lowest BCUT2D eigenvalue weighted by atomic mass is 10.0. The van der Waals surface area contributed by atoms with Crippen molar-refractivity contribution < 1.29 is 14.3 Å². The van der Waals surface area contributed by atoms with Crippen LogP contribution in [-0.4, -0.2) is 50.3 Å². The lowest BCUT2D eigenvalue weighted by Crippen LogP contribution is -2.41. The van der Waals surface area contributed by atoms with Crippen molar-refractivity contribution >= 4 is 11.6 Å². The Labute approximate surface area is 118 Å². The van der Waals surface area contributed by atoms with E-state index in [0.717, 1.165) is 49.5 Å². The number of anilines is 1. The zero-order valence-electron chi connectivity index (χ0n) is 11.6. The van der Waals surface area contributed by atoms with Gasteiger partial charge in [-0.1, -0.05) is 6.07 Å². The van der Waals surface area contributed by atoms with Gasteiger partial charge in [-0.3, -0.25) is 9.69 Å². The molecule has 1 N–H and O–H groups in total. The zero-order valence-corrected chi connectivity index (χ0v) is 11.6. The topological polar surface area (TPSA) is 50.8 Å². The molecule has 0 atom stereocenters. The van der Waals surface area contributed by atoms with Crippen molar-refractivity contribution in [3.63, 3.8) is 0 Å². The molecule has 0 bridgehead atoms. The fraction of sp³-hybridized carbons (Fsp3) is 0.533. The molecule has 108 valence electrons. The number of nitrogens with zero attached hydrogens (tertiary/aromatic N) is 1. The third-order valence-electron chi connectivity index (χ3n) is 3.71. The number of carbonyl (C=O) groups is 1. The summed E-state index contributed by atoms with van der Waals surface area (Å²) in [5.74, 6) is 0.936. The highest BCUT2D eigenvalue weighted by atomic mass is 16.5. The highest BCUT2D eigenvalue weighted by Crippen LogP contribution is 2.30. The first-order valence-corrected chi connectivity index (χ1v) is 7.17. The third-order valence-corrected chi connectivity index (χ3v) is 3.71. The van der Waals surface area contributed by atoms with E-state index < -0.39 is 0 Å². The van der Waals surface area contributed by atoms with Gasteiger partial charge in [-0.15, -0.1) is 0 Å². The summed E-state index contributed by atoms with van der Waals surface area (Å²) in [4.78, 5) is 14.2. The number of hydrogen-bond acceptors (Lipinski definition) is 4. The molecule has 0 radical (unpaired) electrons. The number of fused-ring (bicyclic) bond motifs is 1. The summed E-state index contributed by atoms with van der Waals surface area (Å²) >= 11 is 0. The number of nitrogens with one attached hydrogen (secondary N) is 1. The molecule has 0 spiro atoms. The van der Waals surface area contributed by atoms with Gasteiger partial charge >= 0.3 is 0 Å². The van der Waals surface area contributed by atoms with Crippen molar-refractivity contribution in [1.29, 1.82) is 0 Å². The van der Waals surface area contributed by atoms with Gasteiger partial charge in [0.15, 0.2) is 0 Å². The summed E-state index contributed by atoms with van der Waals surface area (Å²) in [6.07, 6.45) is 1.96. The van der Waals surface area contributed by atoms with Crippen LogP contribution in [-0.2, 0) is 16.0 Å². The lowest BCUT2D eigenvalue weighted by Gasteiger charge is -2.26. The van der Waals surface area contributed by atoms with E-state index in [9.17, 15) is 4.79 Å². The Balaban J connectivity index is 1.63. The Morgan fingerprint density at radius 3 is 2.95 bits per heavy atom. The molecule has 3 rings (SSSR count). The number of benzene rings is 1. The summed E-state index contributed by atoms with van der Waals surface area (Å²) in [6.45, 7) is 4.25. The minimum atomic E-state index is 0.0332. The number of hydrogen-bond donors (Lipinski definition) is 1. The number of rotatable bonds is 3. The van der Waals surface area contributed by atoms with Crippen LogP contribution in [0.25, 0.3) is 0 Å². The Kier molecular flexibility index (Phi) is 4.18. The van der Waals surface area contributed by atoms with Crippen LogP contribution in [0.4, 0.5) is 5.69 Å². The van der Waals surface area contributed by atoms with Crippen LogP contribution in [0.5, 0.6) is 5.75 Å². The molecule has 2 heterocycles. The van der Waals surface area contributed by atoms with Gasteiger partial charge in [0, 0.05) is 24.3 Å². The van der Waals surface area contributed by atoms with Crippen LogP contribution in [0.3, 0.4) is 0 Å². The Hall–Kier alpha value is -1.59. The van der Waals surface area contributed by atoms with Gasteiger partial charge in [0.25, 0.3) is 0 Å². The standard InChI is InChI=1S/C15H20N2O3/c18-15(11-17-6-9-19-10-7-17)16-13-4-1-5-14-12(13)3-2-8-20-14/h1,4-5H,2-3,6-11H2,(H,16,18). The van der Waals surface area contributed by atoms with E-state index in [0.29, 0.717) is 19.8 Å². The molecule has 0 saturated carbocycles. The van der Waals surface area contributed by atoms with E-state index in [1.54, 1.807) is 0 Å². The van der Waals surface area contributed by atoms with Gasteiger partial charge < -0.3 is 14.8 Å². The van der Waals surface area contributed by atoms with E-state index >= 15 is 0 Å². The van der Waals surface area contributed by atoms with Crippen LogP contribution in [0.1, 0.15) is 12.0 Å². The highest BCUT2D eigenvalue weighted by molar-refractivity contribution is 5.93. The normalized spacial score (nSPS) is 19.0. The van der Waals surface area contributed by atoms with Crippen LogP contribution in [0, 0.1) is 0 Å². The van der Waals surface area contributed by atoms with Crippen LogP contribution in [0.2, 0.25) is 0 Å². The fourth-order valence-electron chi connectivity index (χ4n) is 2.66. The number of carbonyl (C=O) groups excluding carboxylic acids is 1. The highest BCUT2D eigenvalue weighted by Gasteiger charge is 2.18. The Morgan fingerprint density at radius 1 is 1.25 bits per heavy atom. The molecule has 1 saturated heterocycles. The van der Waals surface area contributed by atoms with Gasteiger partial charge in [0.2, 0.25) is 5.91 Å². The van der Waals surface area contributed by atoms with Crippen LogP contribution in [0.15, 0.2) is 18.2 Å². The van der Waals surface area contributed by atoms with Gasteiger partial charge in [-0.25, -0.2) is 0 Å². The summed E-state index contributed by atoms with van der Waals surface area (Å²) in [5, 5.41) is 3.02. The molecular formula is C15H20N2O3. The summed E-state index contributed by atoms with van der Waals surface area (Å²) < 4.78 is 10.9. The molecule has 1 aromatic carbocycles. The SMILES string of the molecule is O=C(CN1CCOCC1)Nc1cccc2c1CCCO2. The Morgan fingerprint density at radius 2 is 2.10 bits per heavy atom. The van der Waals surface area contributed by atoms with Crippen molar-refractivity contribution in [3.8, 4) is 5.75 Å². The molecule has 20 heavy (non-hydrogen) atoms. The summed E-state index contributed by atoms with van der Waals surface area (Å²) in [6, 6.07) is 5.84. The second-order valence-electron chi connectivity index (χ2n) is 5.17. The second-order valence-corrected chi connectivity index (χ2v) is 5.17. The van der Waals surface area contributed by atoms with Crippen molar-refractivity contribution in [2.75, 3.05) is 44.8 Å². The van der Waals surface area contributed by atoms with E-state index in [1.165, 1.54) is 0 Å². The zero-order chi connectivity index (χ0) is 13.8. The molecule has 5 nitrogen and oxygen atoms in total. The molecule has 2 aliphatic heterocycles. The maximum absolute atomic E-state index is 12.1. The summed E-state index contributed by atoms with van der Waals surface area (Å²) in [5.41, 5.74) is 2.01. The van der Waals surface area contributed by atoms with E-state index in [4.69, 9.17) is 9.47 Å². The largest absolute Gasteiger partial charge is 0.493 e. The minimum absolute atomic E-state index is 0.0332. The number of ether oxygens (including phenoxy) is 2. The molecule has 2 aliphatic rings. The monoisotopic (exact) mass is 276 g/mol. The van der Waals surface area contributed by atoms with Gasteiger partial charge in [-0.2, -0.15) is 0 Å². The average Bonchev–Trinajstić information content (AvgIpc) is 2.48. The predicted molar refractivity (Wildman–Crippen MR) is 76.1 cm³/mol. The van der Waals surface area contributed by atoms with Crippen LogP contribution >= 0.6 is 0 Å². The van der Waals surface area contributed by atoms with Gasteiger partial charge in [0.1, 0.15) is 5.75 Å². The maximum atomic E-state index is 12.1. The molecule has 5 heteroatoms. The maximum Gasteiger partial charge on any atom is 0.238 e. The number of amides is 1. The average molecular weight is 276 g/mol. The summed E-state index contributed by atoms with van der Waals surface area (Å²) in [7, 11) is 0. The van der Waals surface area contributed by atoms with Crippen molar-refractivity contribution in [2.45, 2.75) is 12.8 Å². The van der Waals surface area contributed by atoms with E-state index in [2.05, 4.69) is 10.2 Å². The first-order valence-electron chi connectivity index (χ1n) is 7.17. The van der Waals surface area contributed by atoms with Crippen molar-refractivity contribution in [3.05, 3.63) is 23.8 Å². The quantitative estimate of drug-likeness (QED) is 0.903. The first-order chi connectivity index (χ1) is 9.83.